The number of rotatable bonds is 4. The van der Waals surface area contributed by atoms with Crippen LogP contribution in [-0.2, 0) is 6.54 Å². The minimum absolute atomic E-state index is 0.202. The third kappa shape index (κ3) is 2.41. The molecule has 0 aliphatic heterocycles. The second-order valence-electron chi connectivity index (χ2n) is 3.65. The van der Waals surface area contributed by atoms with Crippen molar-refractivity contribution in [3.8, 4) is 0 Å². The van der Waals surface area contributed by atoms with Gasteiger partial charge in [0.15, 0.2) is 5.22 Å². The number of halogens is 2. The zero-order valence-corrected chi connectivity index (χ0v) is 11.6. The Kier molecular flexibility index (Phi) is 3.91. The molecule has 4 nitrogen and oxygen atoms in total. The van der Waals surface area contributed by atoms with Crippen LogP contribution in [0.3, 0.4) is 0 Å². The second kappa shape index (κ2) is 5.25. The summed E-state index contributed by atoms with van der Waals surface area (Å²) in [6.45, 7) is 2.80. The van der Waals surface area contributed by atoms with E-state index in [1.54, 1.807) is 16.9 Å². The topological polar surface area (TPSA) is 51.2 Å². The van der Waals surface area contributed by atoms with Crippen molar-refractivity contribution >= 4 is 27.5 Å². The molecule has 1 unspecified atom stereocenters. The molecule has 1 atom stereocenters. The number of hydrogen-bond acceptors (Lipinski definition) is 3. The monoisotopic (exact) mass is 318 g/mol. The number of furan rings is 1. The first-order valence-corrected chi connectivity index (χ1v) is 6.44. The Labute approximate surface area is 112 Å². The van der Waals surface area contributed by atoms with Crippen molar-refractivity contribution in [1.82, 2.24) is 9.78 Å². The smallest absolute Gasteiger partial charge is 0.199 e. The molecule has 0 radical (unpaired) electrons. The zero-order valence-electron chi connectivity index (χ0n) is 9.23. The van der Waals surface area contributed by atoms with Gasteiger partial charge in [0, 0.05) is 12.1 Å². The maximum Gasteiger partial charge on any atom is 0.199 e. The summed E-state index contributed by atoms with van der Waals surface area (Å²) < 4.78 is 7.51. The van der Waals surface area contributed by atoms with Gasteiger partial charge in [-0.1, -0.05) is 6.92 Å². The second-order valence-corrected chi connectivity index (χ2v) is 4.85. The first kappa shape index (κ1) is 12.7. The summed E-state index contributed by atoms with van der Waals surface area (Å²) in [5, 5.41) is 14.7. The van der Waals surface area contributed by atoms with Crippen molar-refractivity contribution < 1.29 is 9.52 Å². The van der Waals surface area contributed by atoms with Crippen molar-refractivity contribution in [2.45, 2.75) is 26.0 Å². The van der Waals surface area contributed by atoms with E-state index >= 15 is 0 Å². The van der Waals surface area contributed by atoms with Gasteiger partial charge in [-0.25, -0.2) is 0 Å². The molecule has 17 heavy (non-hydrogen) atoms. The van der Waals surface area contributed by atoms with Crippen molar-refractivity contribution in [2.75, 3.05) is 0 Å². The van der Waals surface area contributed by atoms with Gasteiger partial charge in [-0.3, -0.25) is 4.68 Å². The van der Waals surface area contributed by atoms with E-state index in [0.29, 0.717) is 11.3 Å². The van der Waals surface area contributed by atoms with Crippen LogP contribution >= 0.6 is 27.5 Å². The normalized spacial score (nSPS) is 12.9. The summed E-state index contributed by atoms with van der Waals surface area (Å²) in [5.74, 6) is 0. The summed E-state index contributed by atoms with van der Waals surface area (Å²) in [6.07, 6.45) is 3.22. The minimum Gasteiger partial charge on any atom is -0.453 e. The Hall–Kier alpha value is -0.780. The van der Waals surface area contributed by atoms with Gasteiger partial charge in [-0.15, -0.1) is 0 Å². The average molecular weight is 320 g/mol. The Balaban J connectivity index is 2.39. The maximum absolute atomic E-state index is 10.3. The molecule has 2 heterocycles. The SMILES string of the molecule is CCCn1ncc(Br)c1C(O)c1ccoc1Cl. The maximum atomic E-state index is 10.3. The highest BCUT2D eigenvalue weighted by atomic mass is 79.9. The molecule has 2 aromatic heterocycles. The van der Waals surface area contributed by atoms with Crippen LogP contribution in [0.1, 0.15) is 30.7 Å². The number of aliphatic hydroxyl groups excluding tert-OH is 1. The van der Waals surface area contributed by atoms with Crippen molar-refractivity contribution in [3.63, 3.8) is 0 Å². The molecule has 2 rings (SSSR count). The Bertz CT molecular complexity index is 509. The van der Waals surface area contributed by atoms with E-state index in [9.17, 15) is 5.11 Å². The molecule has 0 bridgehead atoms. The first-order valence-electron chi connectivity index (χ1n) is 5.27. The van der Waals surface area contributed by atoms with E-state index < -0.39 is 6.10 Å². The van der Waals surface area contributed by atoms with Crippen LogP contribution in [0, 0.1) is 0 Å². The van der Waals surface area contributed by atoms with Gasteiger partial charge in [0.2, 0.25) is 0 Å². The Morgan fingerprint density at radius 3 is 3.00 bits per heavy atom. The summed E-state index contributed by atoms with van der Waals surface area (Å²) >= 11 is 9.24. The van der Waals surface area contributed by atoms with Gasteiger partial charge in [-0.2, -0.15) is 5.10 Å². The minimum atomic E-state index is -0.843. The highest BCUT2D eigenvalue weighted by Gasteiger charge is 2.22. The summed E-state index contributed by atoms with van der Waals surface area (Å²) in [5.41, 5.74) is 1.24. The average Bonchev–Trinajstić information content (AvgIpc) is 2.86. The van der Waals surface area contributed by atoms with E-state index in [1.165, 1.54) is 6.26 Å². The van der Waals surface area contributed by atoms with E-state index in [-0.39, 0.29) is 5.22 Å². The van der Waals surface area contributed by atoms with E-state index in [1.807, 2.05) is 0 Å². The molecule has 0 saturated heterocycles. The fourth-order valence-corrected chi connectivity index (χ4v) is 2.41. The molecule has 6 heteroatoms. The fourth-order valence-electron chi connectivity index (χ4n) is 1.68. The molecular formula is C11H12BrClN2O2. The number of aryl methyl sites for hydroxylation is 1. The molecule has 0 amide bonds. The van der Waals surface area contributed by atoms with Crippen molar-refractivity contribution in [3.05, 3.63) is 39.5 Å². The third-order valence-electron chi connectivity index (χ3n) is 2.47. The molecule has 0 saturated carbocycles. The lowest BCUT2D eigenvalue weighted by Gasteiger charge is -2.12. The number of aliphatic hydroxyl groups is 1. The summed E-state index contributed by atoms with van der Waals surface area (Å²) in [6, 6.07) is 1.66. The van der Waals surface area contributed by atoms with Crippen LogP contribution in [0.5, 0.6) is 0 Å². The molecule has 0 aliphatic carbocycles. The first-order chi connectivity index (χ1) is 8.15. The highest BCUT2D eigenvalue weighted by Crippen LogP contribution is 2.32. The highest BCUT2D eigenvalue weighted by molar-refractivity contribution is 9.10. The van der Waals surface area contributed by atoms with Crippen LogP contribution in [0.2, 0.25) is 5.22 Å². The predicted octanol–water partition coefficient (Wildman–Crippen LogP) is 3.38. The van der Waals surface area contributed by atoms with Gasteiger partial charge >= 0.3 is 0 Å². The summed E-state index contributed by atoms with van der Waals surface area (Å²) in [4.78, 5) is 0. The third-order valence-corrected chi connectivity index (χ3v) is 3.39. The van der Waals surface area contributed by atoms with E-state index in [0.717, 1.165) is 17.4 Å². The van der Waals surface area contributed by atoms with Crippen molar-refractivity contribution in [1.29, 1.82) is 0 Å². The Morgan fingerprint density at radius 1 is 1.65 bits per heavy atom. The number of hydrogen-bond donors (Lipinski definition) is 1. The van der Waals surface area contributed by atoms with Crippen LogP contribution < -0.4 is 0 Å². The fraction of sp³-hybridized carbons (Fsp3) is 0.364. The van der Waals surface area contributed by atoms with Gasteiger partial charge in [0.05, 0.1) is 22.6 Å². The Morgan fingerprint density at radius 2 is 2.41 bits per heavy atom. The van der Waals surface area contributed by atoms with Crippen LogP contribution in [0.15, 0.2) is 27.4 Å². The molecule has 2 aromatic rings. The van der Waals surface area contributed by atoms with Gasteiger partial charge in [-0.05, 0) is 40.0 Å². The number of aromatic nitrogens is 2. The lowest BCUT2D eigenvalue weighted by molar-refractivity contribution is 0.205. The van der Waals surface area contributed by atoms with E-state index in [4.69, 9.17) is 16.0 Å². The van der Waals surface area contributed by atoms with E-state index in [2.05, 4.69) is 28.0 Å². The summed E-state index contributed by atoms with van der Waals surface area (Å²) in [7, 11) is 0. The van der Waals surface area contributed by atoms with Crippen LogP contribution in [0.25, 0.3) is 0 Å². The number of nitrogens with zero attached hydrogens (tertiary/aromatic N) is 2. The van der Waals surface area contributed by atoms with Crippen molar-refractivity contribution in [2.24, 2.45) is 0 Å². The largest absolute Gasteiger partial charge is 0.453 e. The molecule has 92 valence electrons. The molecule has 0 fully saturated rings. The molecule has 0 aromatic carbocycles. The van der Waals surface area contributed by atoms with Gasteiger partial charge < -0.3 is 9.52 Å². The molecular weight excluding hydrogens is 307 g/mol. The molecule has 1 N–H and O–H groups in total. The predicted molar refractivity (Wildman–Crippen MR) is 68.0 cm³/mol. The lowest BCUT2D eigenvalue weighted by Crippen LogP contribution is -2.10. The van der Waals surface area contributed by atoms with Crippen LogP contribution in [-0.4, -0.2) is 14.9 Å². The van der Waals surface area contributed by atoms with Gasteiger partial charge in [0.25, 0.3) is 0 Å². The lowest BCUT2D eigenvalue weighted by atomic mass is 10.1. The molecule has 0 spiro atoms. The van der Waals surface area contributed by atoms with Gasteiger partial charge in [0.1, 0.15) is 6.10 Å². The van der Waals surface area contributed by atoms with Crippen LogP contribution in [0.4, 0.5) is 0 Å². The zero-order chi connectivity index (χ0) is 12.4. The standard InChI is InChI=1S/C11H12BrClN2O2/c1-2-4-15-9(8(12)6-14-15)10(16)7-3-5-17-11(7)13/h3,5-6,10,16H,2,4H2,1H3. The quantitative estimate of drug-likeness (QED) is 0.940. The molecule has 0 aliphatic rings.